The Labute approximate surface area is 129 Å². The highest BCUT2D eigenvalue weighted by Gasteiger charge is 2.52. The highest BCUT2D eigenvalue weighted by molar-refractivity contribution is 5.62. The van der Waals surface area contributed by atoms with Crippen molar-refractivity contribution >= 4 is 11.5 Å². The summed E-state index contributed by atoms with van der Waals surface area (Å²) in [5.41, 5.74) is 0.783. The fraction of sp³-hybridized carbons (Fsp3) is 0.105. The summed E-state index contributed by atoms with van der Waals surface area (Å²) in [4.78, 5) is 2.00. The standard InChI is InChI=1S/C19H17N2O/c22-19(16-9-3-1-4-10-16)15-20-14-8-7-13-18(20)21(19)17-11-5-2-6-12-17/h1-14,22H,15H2/q+1/t19-/m0/s1. The Bertz CT molecular complexity index is 789. The highest BCUT2D eigenvalue weighted by Crippen LogP contribution is 2.40. The average molecular weight is 289 g/mol. The van der Waals surface area contributed by atoms with Crippen LogP contribution in [0.5, 0.6) is 0 Å². The molecule has 22 heavy (non-hydrogen) atoms. The Hall–Kier alpha value is -2.65. The van der Waals surface area contributed by atoms with Crippen LogP contribution in [0.1, 0.15) is 5.56 Å². The number of hydrogen-bond acceptors (Lipinski definition) is 2. The van der Waals surface area contributed by atoms with Crippen molar-refractivity contribution in [2.24, 2.45) is 0 Å². The first-order valence-corrected chi connectivity index (χ1v) is 7.41. The minimum atomic E-state index is -1.09. The molecule has 3 aromatic rings. The lowest BCUT2D eigenvalue weighted by Gasteiger charge is -2.27. The molecular formula is C19H17N2O+. The molecule has 3 heteroatoms. The summed E-state index contributed by atoms with van der Waals surface area (Å²) in [5, 5.41) is 11.5. The van der Waals surface area contributed by atoms with Gasteiger partial charge in [-0.05, 0) is 18.2 Å². The maximum absolute atomic E-state index is 11.5. The molecule has 3 nitrogen and oxygen atoms in total. The molecule has 0 spiro atoms. The maximum atomic E-state index is 11.5. The molecule has 1 aromatic heterocycles. The van der Waals surface area contributed by atoms with E-state index in [1.54, 1.807) is 0 Å². The second kappa shape index (κ2) is 4.97. The van der Waals surface area contributed by atoms with Crippen molar-refractivity contribution in [3.63, 3.8) is 0 Å². The van der Waals surface area contributed by atoms with E-state index < -0.39 is 5.72 Å². The molecule has 0 bridgehead atoms. The summed E-state index contributed by atoms with van der Waals surface area (Å²) in [5.74, 6) is 0.986. The van der Waals surface area contributed by atoms with Gasteiger partial charge in [-0.3, -0.25) is 0 Å². The van der Waals surface area contributed by atoms with Crippen molar-refractivity contribution < 1.29 is 9.67 Å². The summed E-state index contributed by atoms with van der Waals surface area (Å²) in [7, 11) is 0. The number of aromatic nitrogens is 1. The van der Waals surface area contributed by atoms with Gasteiger partial charge in [0.1, 0.15) is 5.69 Å². The third-order valence-electron chi connectivity index (χ3n) is 4.16. The molecule has 1 atom stereocenters. The third-order valence-corrected chi connectivity index (χ3v) is 4.16. The Morgan fingerprint density at radius 2 is 1.45 bits per heavy atom. The van der Waals surface area contributed by atoms with Crippen molar-refractivity contribution in [1.29, 1.82) is 0 Å². The van der Waals surface area contributed by atoms with Crippen LogP contribution in [-0.4, -0.2) is 5.11 Å². The van der Waals surface area contributed by atoms with Gasteiger partial charge < -0.3 is 5.11 Å². The Morgan fingerprint density at radius 3 is 2.18 bits per heavy atom. The van der Waals surface area contributed by atoms with Gasteiger partial charge in [0.2, 0.25) is 0 Å². The predicted octanol–water partition coefficient (Wildman–Crippen LogP) is 2.97. The number of rotatable bonds is 2. The number of fused-ring (bicyclic) bond motifs is 1. The number of anilines is 2. The quantitative estimate of drug-likeness (QED) is 0.734. The van der Waals surface area contributed by atoms with E-state index in [4.69, 9.17) is 0 Å². The van der Waals surface area contributed by atoms with E-state index in [0.717, 1.165) is 17.1 Å². The molecule has 0 unspecified atom stereocenters. The lowest BCUT2D eigenvalue weighted by molar-refractivity contribution is -0.683. The molecule has 2 aromatic carbocycles. The topological polar surface area (TPSA) is 27.4 Å². The van der Waals surface area contributed by atoms with Crippen LogP contribution in [-0.2, 0) is 12.3 Å². The fourth-order valence-corrected chi connectivity index (χ4v) is 3.15. The summed E-state index contributed by atoms with van der Waals surface area (Å²) in [6, 6.07) is 25.9. The van der Waals surface area contributed by atoms with E-state index in [1.165, 1.54) is 0 Å². The molecule has 1 aliphatic heterocycles. The van der Waals surface area contributed by atoms with Gasteiger partial charge in [0.25, 0.3) is 11.5 Å². The number of aliphatic hydroxyl groups is 1. The maximum Gasteiger partial charge on any atom is 0.284 e. The molecule has 2 heterocycles. The minimum absolute atomic E-state index is 0.502. The predicted molar refractivity (Wildman–Crippen MR) is 85.6 cm³/mol. The summed E-state index contributed by atoms with van der Waals surface area (Å²) >= 11 is 0. The van der Waals surface area contributed by atoms with Gasteiger partial charge in [-0.2, -0.15) is 4.90 Å². The van der Waals surface area contributed by atoms with Gasteiger partial charge in [-0.15, -0.1) is 0 Å². The highest BCUT2D eigenvalue weighted by atomic mass is 16.3. The zero-order valence-corrected chi connectivity index (χ0v) is 12.1. The van der Waals surface area contributed by atoms with Gasteiger partial charge in [0.15, 0.2) is 6.54 Å². The Kier molecular flexibility index (Phi) is 2.94. The van der Waals surface area contributed by atoms with Crippen LogP contribution in [0.4, 0.5) is 11.5 Å². The number of nitrogens with zero attached hydrogens (tertiary/aromatic N) is 2. The van der Waals surface area contributed by atoms with Crippen LogP contribution in [0.25, 0.3) is 0 Å². The number of hydrogen-bond donors (Lipinski definition) is 1. The first-order valence-electron chi connectivity index (χ1n) is 7.41. The van der Waals surface area contributed by atoms with Crippen molar-refractivity contribution in [1.82, 2.24) is 0 Å². The molecule has 0 saturated heterocycles. The van der Waals surface area contributed by atoms with Crippen molar-refractivity contribution in [2.45, 2.75) is 12.3 Å². The summed E-state index contributed by atoms with van der Waals surface area (Å²) in [6.07, 6.45) is 2.01. The van der Waals surface area contributed by atoms with E-state index in [0.29, 0.717) is 6.54 Å². The van der Waals surface area contributed by atoms with Gasteiger partial charge in [-0.1, -0.05) is 54.6 Å². The Balaban J connectivity index is 1.93. The second-order valence-electron chi connectivity index (χ2n) is 5.54. The first-order chi connectivity index (χ1) is 10.8. The zero-order valence-electron chi connectivity index (χ0n) is 12.1. The van der Waals surface area contributed by atoms with Gasteiger partial charge >= 0.3 is 0 Å². The van der Waals surface area contributed by atoms with E-state index >= 15 is 0 Å². The number of pyridine rings is 1. The largest absolute Gasteiger partial charge is 0.346 e. The zero-order chi connectivity index (χ0) is 15.0. The first kappa shape index (κ1) is 13.0. The Morgan fingerprint density at radius 1 is 0.818 bits per heavy atom. The summed E-state index contributed by atoms with van der Waals surface area (Å²) in [6.45, 7) is 0.502. The van der Waals surface area contributed by atoms with E-state index in [1.807, 2.05) is 90.0 Å². The van der Waals surface area contributed by atoms with E-state index in [9.17, 15) is 5.11 Å². The molecule has 0 radical (unpaired) electrons. The normalized spacial score (nSPS) is 20.0. The molecule has 1 aliphatic rings. The molecule has 0 amide bonds. The minimum Gasteiger partial charge on any atom is -0.346 e. The van der Waals surface area contributed by atoms with Gasteiger partial charge in [-0.25, -0.2) is 4.57 Å². The molecule has 0 aliphatic carbocycles. The van der Waals surface area contributed by atoms with E-state index in [2.05, 4.69) is 4.57 Å². The van der Waals surface area contributed by atoms with Crippen molar-refractivity contribution in [2.75, 3.05) is 4.90 Å². The molecule has 108 valence electrons. The van der Waals surface area contributed by atoms with Crippen LogP contribution < -0.4 is 9.47 Å². The molecular weight excluding hydrogens is 272 g/mol. The lowest BCUT2D eigenvalue weighted by Crippen LogP contribution is -2.43. The van der Waals surface area contributed by atoms with Crippen LogP contribution in [0.15, 0.2) is 85.1 Å². The molecule has 0 saturated carbocycles. The SMILES string of the molecule is O[C@]1(c2ccccc2)C[n+]2ccccc2N1c1ccccc1. The average Bonchev–Trinajstić information content (AvgIpc) is 2.90. The van der Waals surface area contributed by atoms with Gasteiger partial charge in [0, 0.05) is 11.6 Å². The smallest absolute Gasteiger partial charge is 0.284 e. The fourth-order valence-electron chi connectivity index (χ4n) is 3.15. The lowest BCUT2D eigenvalue weighted by atomic mass is 10.0. The molecule has 1 N–H and O–H groups in total. The second-order valence-corrected chi connectivity index (χ2v) is 5.54. The van der Waals surface area contributed by atoms with Crippen LogP contribution in [0.2, 0.25) is 0 Å². The van der Waals surface area contributed by atoms with Crippen molar-refractivity contribution in [3.8, 4) is 0 Å². The summed E-state index contributed by atoms with van der Waals surface area (Å²) < 4.78 is 2.08. The van der Waals surface area contributed by atoms with Crippen LogP contribution >= 0.6 is 0 Å². The van der Waals surface area contributed by atoms with E-state index in [-0.39, 0.29) is 0 Å². The third kappa shape index (κ3) is 1.90. The van der Waals surface area contributed by atoms with Crippen LogP contribution in [0.3, 0.4) is 0 Å². The van der Waals surface area contributed by atoms with Crippen molar-refractivity contribution in [3.05, 3.63) is 90.6 Å². The monoisotopic (exact) mass is 289 g/mol. The number of benzene rings is 2. The molecule has 0 fully saturated rings. The van der Waals surface area contributed by atoms with Gasteiger partial charge in [0.05, 0.1) is 6.20 Å². The molecule has 4 rings (SSSR count). The van der Waals surface area contributed by atoms with Crippen LogP contribution in [0, 0.1) is 0 Å². The number of para-hydroxylation sites is 1.